The standard InChI is InChI=1S/C10H16O3/c1-7-4-3-5-8(6-7)10(2,13)9(11)12/h3,5,7-8,13H,4,6H2,1-2H3,(H,11,12)/t7-,8+,10-/m0/s1. The molecule has 1 rings (SSSR count). The Morgan fingerprint density at radius 1 is 1.62 bits per heavy atom. The molecule has 0 aromatic carbocycles. The van der Waals surface area contributed by atoms with Gasteiger partial charge in [-0.15, -0.1) is 0 Å². The first kappa shape index (κ1) is 10.3. The van der Waals surface area contributed by atoms with Gasteiger partial charge in [0, 0.05) is 5.92 Å². The molecule has 0 saturated carbocycles. The normalized spacial score (nSPS) is 32.5. The van der Waals surface area contributed by atoms with Crippen LogP contribution in [-0.4, -0.2) is 21.8 Å². The quantitative estimate of drug-likeness (QED) is 0.638. The van der Waals surface area contributed by atoms with Crippen molar-refractivity contribution in [3.63, 3.8) is 0 Å². The highest BCUT2D eigenvalue weighted by Crippen LogP contribution is 2.31. The minimum atomic E-state index is -1.62. The van der Waals surface area contributed by atoms with Gasteiger partial charge in [-0.2, -0.15) is 0 Å². The SMILES string of the molecule is C[C@H]1CC=C[C@@H]([C@](C)(O)C(=O)O)C1. The van der Waals surface area contributed by atoms with Crippen LogP contribution in [0.2, 0.25) is 0 Å². The molecule has 74 valence electrons. The van der Waals surface area contributed by atoms with E-state index in [0.29, 0.717) is 5.92 Å². The van der Waals surface area contributed by atoms with Gasteiger partial charge >= 0.3 is 5.97 Å². The molecule has 0 amide bonds. The molecule has 0 saturated heterocycles. The number of carboxylic acid groups (broad SMARTS) is 1. The first-order valence-electron chi connectivity index (χ1n) is 4.57. The van der Waals surface area contributed by atoms with E-state index in [2.05, 4.69) is 6.92 Å². The van der Waals surface area contributed by atoms with Crippen LogP contribution in [0.3, 0.4) is 0 Å². The number of allylic oxidation sites excluding steroid dienone is 1. The highest BCUT2D eigenvalue weighted by molar-refractivity contribution is 5.77. The van der Waals surface area contributed by atoms with Gasteiger partial charge in [0.1, 0.15) is 0 Å². The average Bonchev–Trinajstić information content (AvgIpc) is 2.04. The maximum atomic E-state index is 10.7. The van der Waals surface area contributed by atoms with E-state index in [-0.39, 0.29) is 5.92 Å². The van der Waals surface area contributed by atoms with Crippen molar-refractivity contribution in [2.75, 3.05) is 0 Å². The Bertz CT molecular complexity index is 230. The van der Waals surface area contributed by atoms with Gasteiger partial charge in [0.05, 0.1) is 0 Å². The molecule has 0 heterocycles. The van der Waals surface area contributed by atoms with Crippen molar-refractivity contribution >= 4 is 5.97 Å². The highest BCUT2D eigenvalue weighted by Gasteiger charge is 2.39. The predicted molar refractivity (Wildman–Crippen MR) is 49.3 cm³/mol. The van der Waals surface area contributed by atoms with E-state index in [1.807, 2.05) is 12.2 Å². The van der Waals surface area contributed by atoms with E-state index in [1.54, 1.807) is 0 Å². The first-order valence-corrected chi connectivity index (χ1v) is 4.57. The molecule has 0 radical (unpaired) electrons. The fraction of sp³-hybridized carbons (Fsp3) is 0.700. The molecule has 3 nitrogen and oxygen atoms in total. The molecule has 1 aliphatic rings. The molecule has 0 bridgehead atoms. The summed E-state index contributed by atoms with van der Waals surface area (Å²) in [5.41, 5.74) is -1.62. The van der Waals surface area contributed by atoms with Gasteiger partial charge in [-0.25, -0.2) is 4.79 Å². The van der Waals surface area contributed by atoms with Gasteiger partial charge < -0.3 is 10.2 Å². The maximum absolute atomic E-state index is 10.7. The molecule has 3 heteroatoms. The lowest BCUT2D eigenvalue weighted by molar-refractivity contribution is -0.161. The molecule has 3 atom stereocenters. The summed E-state index contributed by atoms with van der Waals surface area (Å²) in [6.07, 6.45) is 5.49. The smallest absolute Gasteiger partial charge is 0.336 e. The van der Waals surface area contributed by atoms with Crippen molar-refractivity contribution in [2.24, 2.45) is 11.8 Å². The zero-order valence-corrected chi connectivity index (χ0v) is 8.03. The van der Waals surface area contributed by atoms with Gasteiger partial charge in [0.2, 0.25) is 0 Å². The summed E-state index contributed by atoms with van der Waals surface area (Å²) in [4.78, 5) is 10.7. The molecule has 13 heavy (non-hydrogen) atoms. The second kappa shape index (κ2) is 3.50. The van der Waals surface area contributed by atoms with E-state index in [9.17, 15) is 9.90 Å². The van der Waals surface area contributed by atoms with Crippen LogP contribution >= 0.6 is 0 Å². The van der Waals surface area contributed by atoms with Gasteiger partial charge in [0.25, 0.3) is 0 Å². The number of aliphatic carboxylic acids is 1. The van der Waals surface area contributed by atoms with Crippen molar-refractivity contribution in [3.8, 4) is 0 Å². The lowest BCUT2D eigenvalue weighted by Gasteiger charge is -2.31. The zero-order valence-electron chi connectivity index (χ0n) is 8.03. The number of carbonyl (C=O) groups is 1. The minimum Gasteiger partial charge on any atom is -0.479 e. The summed E-state index contributed by atoms with van der Waals surface area (Å²) in [6, 6.07) is 0. The van der Waals surface area contributed by atoms with Crippen LogP contribution in [-0.2, 0) is 4.79 Å². The Labute approximate surface area is 78.1 Å². The Kier molecular flexibility index (Phi) is 2.76. The van der Waals surface area contributed by atoms with Crippen LogP contribution in [0.5, 0.6) is 0 Å². The largest absolute Gasteiger partial charge is 0.479 e. The Morgan fingerprint density at radius 3 is 2.69 bits per heavy atom. The molecule has 0 aromatic heterocycles. The average molecular weight is 184 g/mol. The molecular formula is C10H16O3. The third-order valence-corrected chi connectivity index (χ3v) is 2.72. The van der Waals surface area contributed by atoms with Gasteiger partial charge in [-0.3, -0.25) is 0 Å². The van der Waals surface area contributed by atoms with E-state index < -0.39 is 11.6 Å². The first-order chi connectivity index (χ1) is 5.94. The number of hydrogen-bond donors (Lipinski definition) is 2. The van der Waals surface area contributed by atoms with Gasteiger partial charge in [-0.1, -0.05) is 19.1 Å². The van der Waals surface area contributed by atoms with Crippen LogP contribution in [0.15, 0.2) is 12.2 Å². The third-order valence-electron chi connectivity index (χ3n) is 2.72. The molecule has 0 fully saturated rings. The fourth-order valence-electron chi connectivity index (χ4n) is 1.66. The summed E-state index contributed by atoms with van der Waals surface area (Å²) < 4.78 is 0. The summed E-state index contributed by atoms with van der Waals surface area (Å²) in [7, 11) is 0. The lowest BCUT2D eigenvalue weighted by atomic mass is 9.78. The van der Waals surface area contributed by atoms with Crippen LogP contribution in [0.4, 0.5) is 0 Å². The number of hydrogen-bond acceptors (Lipinski definition) is 2. The molecule has 2 N–H and O–H groups in total. The van der Waals surface area contributed by atoms with Crippen molar-refractivity contribution in [2.45, 2.75) is 32.3 Å². The molecule has 0 aromatic rings. The van der Waals surface area contributed by atoms with Gasteiger partial charge in [0.15, 0.2) is 5.60 Å². The highest BCUT2D eigenvalue weighted by atomic mass is 16.4. The number of rotatable bonds is 2. The third kappa shape index (κ3) is 2.10. The Balaban J connectivity index is 2.76. The van der Waals surface area contributed by atoms with Crippen LogP contribution in [0.1, 0.15) is 26.7 Å². The van der Waals surface area contributed by atoms with E-state index >= 15 is 0 Å². The summed E-state index contributed by atoms with van der Waals surface area (Å²) in [6.45, 7) is 3.43. The minimum absolute atomic E-state index is 0.256. The predicted octanol–water partition coefficient (Wildman–Crippen LogP) is 1.42. The lowest BCUT2D eigenvalue weighted by Crippen LogP contribution is -2.43. The van der Waals surface area contributed by atoms with Crippen LogP contribution < -0.4 is 0 Å². The Morgan fingerprint density at radius 2 is 2.23 bits per heavy atom. The zero-order chi connectivity index (χ0) is 10.1. The monoisotopic (exact) mass is 184 g/mol. The topological polar surface area (TPSA) is 57.5 Å². The maximum Gasteiger partial charge on any atom is 0.336 e. The summed E-state index contributed by atoms with van der Waals surface area (Å²) >= 11 is 0. The molecule has 0 aliphatic heterocycles. The van der Waals surface area contributed by atoms with Crippen molar-refractivity contribution in [1.29, 1.82) is 0 Å². The van der Waals surface area contributed by atoms with Crippen molar-refractivity contribution < 1.29 is 15.0 Å². The van der Waals surface area contributed by atoms with E-state index in [1.165, 1.54) is 6.92 Å². The number of carboxylic acids is 1. The van der Waals surface area contributed by atoms with Crippen molar-refractivity contribution in [3.05, 3.63) is 12.2 Å². The molecule has 0 unspecified atom stereocenters. The molecule has 1 aliphatic carbocycles. The molecule has 0 spiro atoms. The van der Waals surface area contributed by atoms with Crippen LogP contribution in [0.25, 0.3) is 0 Å². The number of aliphatic hydroxyl groups is 1. The second-order valence-electron chi connectivity index (χ2n) is 4.06. The van der Waals surface area contributed by atoms with E-state index in [0.717, 1.165) is 12.8 Å². The van der Waals surface area contributed by atoms with Crippen molar-refractivity contribution in [1.82, 2.24) is 0 Å². The summed E-state index contributed by atoms with van der Waals surface area (Å²) in [5, 5.41) is 18.5. The summed E-state index contributed by atoms with van der Waals surface area (Å²) in [5.74, 6) is -0.939. The fourth-order valence-corrected chi connectivity index (χ4v) is 1.66. The Hall–Kier alpha value is -0.830. The van der Waals surface area contributed by atoms with Gasteiger partial charge in [-0.05, 0) is 25.7 Å². The van der Waals surface area contributed by atoms with Crippen LogP contribution in [0, 0.1) is 11.8 Å². The molecular weight excluding hydrogens is 168 g/mol. The van der Waals surface area contributed by atoms with E-state index in [4.69, 9.17) is 5.11 Å². The second-order valence-corrected chi connectivity index (χ2v) is 4.06.